The van der Waals surface area contributed by atoms with Crippen LogP contribution in [0.1, 0.15) is 18.4 Å². The number of nitrogen functional groups attached to an aromatic ring is 1. The first-order valence-electron chi connectivity index (χ1n) is 12.4. The highest BCUT2D eigenvalue weighted by Crippen LogP contribution is 2.25. The SMILES string of the molecule is CC(C(=O)N1CCN(CCn2ccc3c2nc(N)n2nc(-c4ccco4)nc32)CC1)c1ccc(F)cc1F. The number of halogens is 2. The number of hydrogen-bond acceptors (Lipinski definition) is 7. The van der Waals surface area contributed by atoms with Crippen molar-refractivity contribution in [1.82, 2.24) is 33.9 Å². The molecular weight excluding hydrogens is 494 g/mol. The zero-order valence-electron chi connectivity index (χ0n) is 20.7. The van der Waals surface area contributed by atoms with Crippen molar-refractivity contribution in [2.75, 3.05) is 38.5 Å². The molecule has 2 N–H and O–H groups in total. The van der Waals surface area contributed by atoms with Crippen LogP contribution in [0.4, 0.5) is 14.7 Å². The van der Waals surface area contributed by atoms with E-state index in [1.54, 1.807) is 30.2 Å². The van der Waals surface area contributed by atoms with Gasteiger partial charge in [-0.2, -0.15) is 9.50 Å². The highest BCUT2D eigenvalue weighted by atomic mass is 19.1. The van der Waals surface area contributed by atoms with E-state index < -0.39 is 17.6 Å². The fourth-order valence-electron chi connectivity index (χ4n) is 4.96. The molecule has 1 atom stereocenters. The fourth-order valence-corrected chi connectivity index (χ4v) is 4.96. The van der Waals surface area contributed by atoms with Gasteiger partial charge in [0.2, 0.25) is 17.7 Å². The van der Waals surface area contributed by atoms with Crippen LogP contribution in [0, 0.1) is 11.6 Å². The second kappa shape index (κ2) is 9.53. The molecule has 1 unspecified atom stereocenters. The Labute approximate surface area is 216 Å². The van der Waals surface area contributed by atoms with Crippen LogP contribution < -0.4 is 5.73 Å². The highest BCUT2D eigenvalue weighted by molar-refractivity contribution is 5.91. The fraction of sp³-hybridized carbons (Fsp3) is 0.308. The normalized spacial score (nSPS) is 15.5. The van der Waals surface area contributed by atoms with Crippen LogP contribution in [0.2, 0.25) is 0 Å². The summed E-state index contributed by atoms with van der Waals surface area (Å²) < 4.78 is 36.4. The molecule has 0 saturated carbocycles. The third-order valence-electron chi connectivity index (χ3n) is 7.10. The third kappa shape index (κ3) is 4.26. The average molecular weight is 521 g/mol. The van der Waals surface area contributed by atoms with Crippen LogP contribution in [0.15, 0.2) is 53.3 Å². The minimum atomic E-state index is -0.696. The number of nitrogens with two attached hydrogens (primary N) is 1. The summed E-state index contributed by atoms with van der Waals surface area (Å²) in [6, 6.07) is 8.85. The molecule has 5 heterocycles. The Morgan fingerprint density at radius 3 is 2.63 bits per heavy atom. The Morgan fingerprint density at radius 2 is 1.89 bits per heavy atom. The lowest BCUT2D eigenvalue weighted by Crippen LogP contribution is -2.50. The molecule has 1 aliphatic heterocycles. The van der Waals surface area contributed by atoms with Crippen molar-refractivity contribution in [2.24, 2.45) is 0 Å². The maximum absolute atomic E-state index is 14.2. The van der Waals surface area contributed by atoms with Gasteiger partial charge in [-0.05, 0) is 31.2 Å². The number of piperazine rings is 1. The van der Waals surface area contributed by atoms with Gasteiger partial charge in [0, 0.05) is 57.1 Å². The molecule has 6 rings (SSSR count). The van der Waals surface area contributed by atoms with Crippen molar-refractivity contribution in [2.45, 2.75) is 19.4 Å². The molecule has 1 amide bonds. The van der Waals surface area contributed by atoms with Crippen molar-refractivity contribution in [3.05, 3.63) is 66.1 Å². The van der Waals surface area contributed by atoms with Gasteiger partial charge in [-0.1, -0.05) is 6.07 Å². The molecule has 5 aromatic rings. The molecule has 10 nitrogen and oxygen atoms in total. The molecule has 196 valence electrons. The lowest BCUT2D eigenvalue weighted by molar-refractivity contribution is -0.134. The summed E-state index contributed by atoms with van der Waals surface area (Å²) in [4.78, 5) is 26.1. The molecule has 0 bridgehead atoms. The number of fused-ring (bicyclic) bond motifs is 3. The first kappa shape index (κ1) is 24.0. The Kier molecular flexibility index (Phi) is 6.03. The van der Waals surface area contributed by atoms with Gasteiger partial charge in [0.05, 0.1) is 17.6 Å². The number of carbonyl (C=O) groups is 1. The smallest absolute Gasteiger partial charge is 0.230 e. The molecule has 12 heteroatoms. The summed E-state index contributed by atoms with van der Waals surface area (Å²) >= 11 is 0. The van der Waals surface area contributed by atoms with Crippen LogP contribution in [-0.4, -0.2) is 72.6 Å². The minimum Gasteiger partial charge on any atom is -0.461 e. The second-order valence-corrected chi connectivity index (χ2v) is 9.42. The van der Waals surface area contributed by atoms with Gasteiger partial charge in [0.25, 0.3) is 0 Å². The summed E-state index contributed by atoms with van der Waals surface area (Å²) in [5, 5.41) is 5.27. The predicted molar refractivity (Wildman–Crippen MR) is 136 cm³/mol. The lowest BCUT2D eigenvalue weighted by Gasteiger charge is -2.36. The van der Waals surface area contributed by atoms with Gasteiger partial charge in [-0.3, -0.25) is 9.69 Å². The van der Waals surface area contributed by atoms with Crippen molar-refractivity contribution in [3.8, 4) is 11.6 Å². The Balaban J connectivity index is 1.11. The second-order valence-electron chi connectivity index (χ2n) is 9.42. The van der Waals surface area contributed by atoms with E-state index in [9.17, 15) is 13.6 Å². The highest BCUT2D eigenvalue weighted by Gasteiger charge is 2.27. The van der Waals surface area contributed by atoms with Gasteiger partial charge in [0.1, 0.15) is 17.3 Å². The number of rotatable bonds is 6. The molecular formula is C26H26F2N8O2. The van der Waals surface area contributed by atoms with E-state index in [1.165, 1.54) is 16.6 Å². The summed E-state index contributed by atoms with van der Waals surface area (Å²) in [6.45, 7) is 5.56. The molecule has 1 aromatic carbocycles. The van der Waals surface area contributed by atoms with Crippen LogP contribution in [-0.2, 0) is 11.3 Å². The largest absolute Gasteiger partial charge is 0.461 e. The van der Waals surface area contributed by atoms with Crippen molar-refractivity contribution < 1.29 is 18.0 Å². The van der Waals surface area contributed by atoms with Crippen molar-refractivity contribution in [3.63, 3.8) is 0 Å². The number of aromatic nitrogens is 5. The number of benzene rings is 1. The topological polar surface area (TPSA) is 111 Å². The van der Waals surface area contributed by atoms with Crippen LogP contribution >= 0.6 is 0 Å². The minimum absolute atomic E-state index is 0.155. The van der Waals surface area contributed by atoms with Crippen molar-refractivity contribution >= 4 is 28.5 Å². The van der Waals surface area contributed by atoms with Gasteiger partial charge in [-0.15, -0.1) is 5.10 Å². The number of amides is 1. The molecule has 0 aliphatic carbocycles. The molecule has 1 aliphatic rings. The zero-order chi connectivity index (χ0) is 26.4. The maximum Gasteiger partial charge on any atom is 0.230 e. The lowest BCUT2D eigenvalue weighted by atomic mass is 9.98. The molecule has 38 heavy (non-hydrogen) atoms. The zero-order valence-corrected chi connectivity index (χ0v) is 20.7. The first-order valence-corrected chi connectivity index (χ1v) is 12.4. The van der Waals surface area contributed by atoms with Gasteiger partial charge < -0.3 is 19.6 Å². The number of anilines is 1. The molecule has 0 spiro atoms. The molecule has 0 radical (unpaired) electrons. The van der Waals surface area contributed by atoms with Crippen LogP contribution in [0.3, 0.4) is 0 Å². The maximum atomic E-state index is 14.2. The first-order chi connectivity index (χ1) is 18.4. The van der Waals surface area contributed by atoms with E-state index in [-0.39, 0.29) is 17.4 Å². The summed E-state index contributed by atoms with van der Waals surface area (Å²) in [5.74, 6) is -0.958. The van der Waals surface area contributed by atoms with E-state index in [0.717, 1.165) is 23.6 Å². The van der Waals surface area contributed by atoms with Gasteiger partial charge in [-0.25, -0.2) is 13.8 Å². The Morgan fingerprint density at radius 1 is 1.08 bits per heavy atom. The monoisotopic (exact) mass is 520 g/mol. The molecule has 4 aromatic heterocycles. The van der Waals surface area contributed by atoms with Gasteiger partial charge in [0.15, 0.2) is 11.4 Å². The predicted octanol–water partition coefficient (Wildman–Crippen LogP) is 3.15. The number of furan rings is 1. The van der Waals surface area contributed by atoms with E-state index in [1.807, 2.05) is 16.8 Å². The quantitative estimate of drug-likeness (QED) is 0.366. The third-order valence-corrected chi connectivity index (χ3v) is 7.10. The average Bonchev–Trinajstić information content (AvgIpc) is 3.67. The summed E-state index contributed by atoms with van der Waals surface area (Å²) in [7, 11) is 0. The van der Waals surface area contributed by atoms with E-state index in [4.69, 9.17) is 10.2 Å². The van der Waals surface area contributed by atoms with E-state index in [2.05, 4.69) is 20.0 Å². The summed E-state index contributed by atoms with van der Waals surface area (Å²) in [6.07, 6.45) is 3.52. The number of carbonyl (C=O) groups excluding carboxylic acids is 1. The Hall–Kier alpha value is -4.32. The van der Waals surface area contributed by atoms with E-state index in [0.29, 0.717) is 50.0 Å². The molecule has 1 saturated heterocycles. The van der Waals surface area contributed by atoms with Crippen LogP contribution in [0.5, 0.6) is 0 Å². The van der Waals surface area contributed by atoms with Gasteiger partial charge >= 0.3 is 0 Å². The Bertz CT molecular complexity index is 1620. The van der Waals surface area contributed by atoms with Crippen molar-refractivity contribution in [1.29, 1.82) is 0 Å². The standard InChI is InChI=1S/C26H26F2N8O2/c1-16(18-5-4-17(27)15-20(18)28)25(37)35-12-9-33(10-13-35)8-11-34-7-6-19-23(34)31-26(29)36-24(19)30-22(32-36)21-3-2-14-38-21/h2-7,14-16H,8-13H2,1H3,(H2,29,31). The van der Waals surface area contributed by atoms with Crippen LogP contribution in [0.25, 0.3) is 28.3 Å². The number of nitrogens with zero attached hydrogens (tertiary/aromatic N) is 7. The summed E-state index contributed by atoms with van der Waals surface area (Å²) in [5.41, 5.74) is 7.74. The number of hydrogen-bond donors (Lipinski definition) is 1. The molecule has 1 fully saturated rings. The van der Waals surface area contributed by atoms with E-state index >= 15 is 0 Å².